The lowest BCUT2D eigenvalue weighted by Gasteiger charge is -2.08. The molecule has 0 aliphatic rings. The molecular formula is C9H16N4. The van der Waals surface area contributed by atoms with Crippen LogP contribution in [-0.4, -0.2) is 9.97 Å². The molecule has 13 heavy (non-hydrogen) atoms. The molecule has 0 unspecified atom stereocenters. The second-order valence-corrected chi connectivity index (χ2v) is 3.26. The Morgan fingerprint density at radius 2 is 2.15 bits per heavy atom. The van der Waals surface area contributed by atoms with Crippen LogP contribution < -0.4 is 11.3 Å². The zero-order valence-corrected chi connectivity index (χ0v) is 8.33. The molecule has 0 amide bonds. The number of aryl methyl sites for hydroxylation is 1. The maximum Gasteiger partial charge on any atom is 0.143 e. The Morgan fingerprint density at radius 1 is 1.46 bits per heavy atom. The smallest absolute Gasteiger partial charge is 0.143 e. The number of nitrogens with one attached hydrogen (secondary N) is 1. The fourth-order valence-corrected chi connectivity index (χ4v) is 1.03. The van der Waals surface area contributed by atoms with Crippen molar-refractivity contribution in [3.8, 4) is 0 Å². The van der Waals surface area contributed by atoms with Crippen LogP contribution in [0.25, 0.3) is 0 Å². The van der Waals surface area contributed by atoms with Gasteiger partial charge in [0.15, 0.2) is 0 Å². The standard InChI is InChI=1S/C9H16N4/c1-4-7-5-8(13-10)12-9(11-7)6(2)3/h5-6H,4,10H2,1-3H3,(H,11,12,13). The molecule has 0 atom stereocenters. The van der Waals surface area contributed by atoms with Gasteiger partial charge in [-0.1, -0.05) is 20.8 Å². The molecule has 0 radical (unpaired) electrons. The molecule has 1 rings (SSSR count). The van der Waals surface area contributed by atoms with Crippen molar-refractivity contribution in [1.29, 1.82) is 0 Å². The number of rotatable bonds is 3. The lowest BCUT2D eigenvalue weighted by molar-refractivity contribution is 0.760. The SMILES string of the molecule is CCc1cc(NN)nc(C(C)C)n1. The van der Waals surface area contributed by atoms with E-state index >= 15 is 0 Å². The van der Waals surface area contributed by atoms with Crippen LogP contribution in [0.2, 0.25) is 0 Å². The molecule has 0 bridgehead atoms. The van der Waals surface area contributed by atoms with Crippen LogP contribution in [0.3, 0.4) is 0 Å². The maximum absolute atomic E-state index is 5.30. The number of hydrazine groups is 1. The largest absolute Gasteiger partial charge is 0.308 e. The van der Waals surface area contributed by atoms with E-state index in [2.05, 4.69) is 36.2 Å². The second kappa shape index (κ2) is 4.18. The first kappa shape index (κ1) is 9.92. The van der Waals surface area contributed by atoms with Crippen molar-refractivity contribution in [2.45, 2.75) is 33.1 Å². The normalized spacial score (nSPS) is 10.5. The van der Waals surface area contributed by atoms with Crippen molar-refractivity contribution in [3.63, 3.8) is 0 Å². The van der Waals surface area contributed by atoms with Gasteiger partial charge in [-0.2, -0.15) is 0 Å². The topological polar surface area (TPSA) is 63.8 Å². The lowest BCUT2D eigenvalue weighted by atomic mass is 10.2. The van der Waals surface area contributed by atoms with Gasteiger partial charge in [0.1, 0.15) is 11.6 Å². The van der Waals surface area contributed by atoms with Crippen molar-refractivity contribution in [1.82, 2.24) is 9.97 Å². The van der Waals surface area contributed by atoms with E-state index in [4.69, 9.17) is 5.84 Å². The molecule has 4 nitrogen and oxygen atoms in total. The highest BCUT2D eigenvalue weighted by molar-refractivity contribution is 5.34. The van der Waals surface area contributed by atoms with E-state index in [9.17, 15) is 0 Å². The molecular weight excluding hydrogens is 164 g/mol. The van der Waals surface area contributed by atoms with Crippen LogP contribution in [0.15, 0.2) is 6.07 Å². The minimum atomic E-state index is 0.332. The molecule has 3 N–H and O–H groups in total. The summed E-state index contributed by atoms with van der Waals surface area (Å²) >= 11 is 0. The molecule has 0 aromatic carbocycles. The molecule has 0 saturated heterocycles. The van der Waals surface area contributed by atoms with Gasteiger partial charge in [-0.25, -0.2) is 15.8 Å². The van der Waals surface area contributed by atoms with Crippen LogP contribution in [0, 0.1) is 0 Å². The summed E-state index contributed by atoms with van der Waals surface area (Å²) in [5, 5.41) is 0. The second-order valence-electron chi connectivity index (χ2n) is 3.26. The Morgan fingerprint density at radius 3 is 2.62 bits per heavy atom. The quantitative estimate of drug-likeness (QED) is 0.546. The highest BCUT2D eigenvalue weighted by Gasteiger charge is 2.05. The fraction of sp³-hybridized carbons (Fsp3) is 0.556. The van der Waals surface area contributed by atoms with Crippen molar-refractivity contribution < 1.29 is 0 Å². The summed E-state index contributed by atoms with van der Waals surface area (Å²) < 4.78 is 0. The van der Waals surface area contributed by atoms with Gasteiger partial charge in [0.25, 0.3) is 0 Å². The predicted octanol–water partition coefficient (Wildman–Crippen LogP) is 1.45. The number of nitrogen functional groups attached to an aromatic ring is 1. The third-order valence-electron chi connectivity index (χ3n) is 1.82. The van der Waals surface area contributed by atoms with E-state index in [1.54, 1.807) is 0 Å². The van der Waals surface area contributed by atoms with E-state index in [0.717, 1.165) is 17.9 Å². The summed E-state index contributed by atoms with van der Waals surface area (Å²) in [7, 11) is 0. The van der Waals surface area contributed by atoms with Gasteiger partial charge < -0.3 is 5.43 Å². The van der Waals surface area contributed by atoms with Crippen LogP contribution in [0.5, 0.6) is 0 Å². The zero-order valence-electron chi connectivity index (χ0n) is 8.33. The van der Waals surface area contributed by atoms with Gasteiger partial charge in [0.2, 0.25) is 0 Å². The van der Waals surface area contributed by atoms with Crippen LogP contribution in [0.1, 0.15) is 38.2 Å². The number of aromatic nitrogens is 2. The van der Waals surface area contributed by atoms with Crippen molar-refractivity contribution in [2.75, 3.05) is 5.43 Å². The summed E-state index contributed by atoms with van der Waals surface area (Å²) in [6.07, 6.45) is 0.900. The number of nitrogens with two attached hydrogens (primary N) is 1. The summed E-state index contributed by atoms with van der Waals surface area (Å²) in [5.41, 5.74) is 3.57. The van der Waals surface area contributed by atoms with E-state index in [1.807, 2.05) is 6.07 Å². The van der Waals surface area contributed by atoms with E-state index < -0.39 is 0 Å². The molecule has 1 aromatic rings. The molecule has 0 fully saturated rings. The van der Waals surface area contributed by atoms with Gasteiger partial charge in [0.05, 0.1) is 0 Å². The molecule has 72 valence electrons. The highest BCUT2D eigenvalue weighted by Crippen LogP contribution is 2.13. The first-order chi connectivity index (χ1) is 6.17. The monoisotopic (exact) mass is 180 g/mol. The molecule has 0 aliphatic heterocycles. The van der Waals surface area contributed by atoms with Crippen LogP contribution >= 0.6 is 0 Å². The zero-order chi connectivity index (χ0) is 9.84. The van der Waals surface area contributed by atoms with Gasteiger partial charge in [-0.15, -0.1) is 0 Å². The average molecular weight is 180 g/mol. The Kier molecular flexibility index (Phi) is 3.19. The third-order valence-corrected chi connectivity index (χ3v) is 1.82. The van der Waals surface area contributed by atoms with Crippen molar-refractivity contribution in [2.24, 2.45) is 5.84 Å². The summed E-state index contributed by atoms with van der Waals surface area (Å²) in [6, 6.07) is 1.87. The van der Waals surface area contributed by atoms with E-state index in [-0.39, 0.29) is 0 Å². The van der Waals surface area contributed by atoms with Crippen LogP contribution in [-0.2, 0) is 6.42 Å². The predicted molar refractivity (Wildman–Crippen MR) is 53.3 cm³/mol. The van der Waals surface area contributed by atoms with Gasteiger partial charge in [-0.05, 0) is 6.42 Å². The third kappa shape index (κ3) is 2.39. The summed E-state index contributed by atoms with van der Waals surface area (Å²) in [6.45, 7) is 6.19. The molecule has 4 heteroatoms. The molecule has 1 aromatic heterocycles. The van der Waals surface area contributed by atoms with Crippen molar-refractivity contribution in [3.05, 3.63) is 17.6 Å². The maximum atomic E-state index is 5.30. The Hall–Kier alpha value is -1.16. The van der Waals surface area contributed by atoms with Gasteiger partial charge in [-0.3, -0.25) is 0 Å². The fourth-order valence-electron chi connectivity index (χ4n) is 1.03. The summed E-state index contributed by atoms with van der Waals surface area (Å²) in [4.78, 5) is 8.64. The van der Waals surface area contributed by atoms with Crippen LogP contribution in [0.4, 0.5) is 5.82 Å². The van der Waals surface area contributed by atoms with Gasteiger partial charge in [0, 0.05) is 17.7 Å². The first-order valence-electron chi connectivity index (χ1n) is 4.51. The average Bonchev–Trinajstić information content (AvgIpc) is 2.16. The lowest BCUT2D eigenvalue weighted by Crippen LogP contribution is -2.12. The number of nitrogens with zero attached hydrogens (tertiary/aromatic N) is 2. The van der Waals surface area contributed by atoms with E-state index in [1.165, 1.54) is 0 Å². The minimum Gasteiger partial charge on any atom is -0.308 e. The molecule has 0 saturated carbocycles. The summed E-state index contributed by atoms with van der Waals surface area (Å²) in [5.74, 6) is 7.16. The molecule has 0 spiro atoms. The number of hydrogen-bond acceptors (Lipinski definition) is 4. The van der Waals surface area contributed by atoms with E-state index in [0.29, 0.717) is 11.7 Å². The van der Waals surface area contributed by atoms with Crippen molar-refractivity contribution >= 4 is 5.82 Å². The minimum absolute atomic E-state index is 0.332. The Labute approximate surface area is 78.6 Å². The number of anilines is 1. The molecule has 1 heterocycles. The Balaban J connectivity index is 3.07. The highest BCUT2D eigenvalue weighted by atomic mass is 15.3. The number of hydrogen-bond donors (Lipinski definition) is 2. The Bertz CT molecular complexity index is 261. The van der Waals surface area contributed by atoms with Gasteiger partial charge >= 0.3 is 0 Å². The molecule has 0 aliphatic carbocycles. The first-order valence-corrected chi connectivity index (χ1v) is 4.51.